The largest absolute Gasteiger partial charge is 0.367 e. The Balaban J connectivity index is 1.95. The van der Waals surface area contributed by atoms with Crippen molar-refractivity contribution < 1.29 is 4.74 Å². The van der Waals surface area contributed by atoms with Gasteiger partial charge in [0.1, 0.15) is 6.10 Å². The van der Waals surface area contributed by atoms with Gasteiger partial charge in [-0.2, -0.15) is 4.37 Å². The van der Waals surface area contributed by atoms with Gasteiger partial charge in [0.05, 0.1) is 6.61 Å². The van der Waals surface area contributed by atoms with E-state index in [9.17, 15) is 0 Å². The van der Waals surface area contributed by atoms with Crippen molar-refractivity contribution in [2.75, 3.05) is 31.6 Å². The van der Waals surface area contributed by atoms with Crippen LogP contribution in [-0.2, 0) is 4.74 Å². The molecule has 2 rings (SSSR count). The van der Waals surface area contributed by atoms with Crippen molar-refractivity contribution in [3.63, 3.8) is 0 Å². The van der Waals surface area contributed by atoms with Gasteiger partial charge in [-0.1, -0.05) is 6.92 Å². The van der Waals surface area contributed by atoms with Gasteiger partial charge in [0, 0.05) is 30.7 Å². The smallest absolute Gasteiger partial charge is 0.202 e. The molecule has 1 aliphatic rings. The summed E-state index contributed by atoms with van der Waals surface area (Å²) < 4.78 is 10.2. The van der Waals surface area contributed by atoms with E-state index in [4.69, 9.17) is 4.74 Å². The Labute approximate surface area is 113 Å². The van der Waals surface area contributed by atoms with E-state index in [1.165, 1.54) is 18.0 Å². The molecule has 0 spiro atoms. The molecule has 1 unspecified atom stereocenters. The van der Waals surface area contributed by atoms with Crippen LogP contribution in [0.1, 0.15) is 39.1 Å². The molecular weight excluding hydrogens is 248 g/mol. The third-order valence-electron chi connectivity index (χ3n) is 2.83. The van der Waals surface area contributed by atoms with Crippen LogP contribution >= 0.6 is 11.5 Å². The Morgan fingerprint density at radius 3 is 3.11 bits per heavy atom. The summed E-state index contributed by atoms with van der Waals surface area (Å²) in [6.45, 7) is 10.2. The normalized spacial score (nSPS) is 21.4. The molecule has 1 fully saturated rings. The molecule has 5 nitrogen and oxygen atoms in total. The summed E-state index contributed by atoms with van der Waals surface area (Å²) in [5, 5.41) is 4.16. The molecule has 102 valence electrons. The molecular formula is C12H22N4OS. The monoisotopic (exact) mass is 270 g/mol. The third-order valence-corrected chi connectivity index (χ3v) is 3.49. The fourth-order valence-electron chi connectivity index (χ4n) is 2.05. The number of nitrogens with zero attached hydrogens (tertiary/aromatic N) is 3. The molecule has 0 amide bonds. The Morgan fingerprint density at radius 1 is 1.56 bits per heavy atom. The molecule has 1 N–H and O–H groups in total. The van der Waals surface area contributed by atoms with Crippen LogP contribution in [0.25, 0.3) is 0 Å². The number of aromatic nitrogens is 2. The van der Waals surface area contributed by atoms with E-state index in [0.717, 1.165) is 37.2 Å². The summed E-state index contributed by atoms with van der Waals surface area (Å²) in [6, 6.07) is 0.384. The quantitative estimate of drug-likeness (QED) is 0.888. The zero-order valence-electron chi connectivity index (χ0n) is 11.3. The maximum atomic E-state index is 5.77. The van der Waals surface area contributed by atoms with Crippen molar-refractivity contribution in [1.29, 1.82) is 0 Å². The summed E-state index contributed by atoms with van der Waals surface area (Å²) >= 11 is 1.42. The van der Waals surface area contributed by atoms with Crippen LogP contribution in [0.5, 0.6) is 0 Å². The van der Waals surface area contributed by atoms with Gasteiger partial charge < -0.3 is 10.1 Å². The second-order valence-corrected chi connectivity index (χ2v) is 5.67. The van der Waals surface area contributed by atoms with E-state index in [1.54, 1.807) is 0 Å². The van der Waals surface area contributed by atoms with Crippen molar-refractivity contribution in [3.05, 3.63) is 5.82 Å². The summed E-state index contributed by atoms with van der Waals surface area (Å²) in [5.41, 5.74) is 0. The molecule has 1 saturated heterocycles. The SMILES string of the molecule is CCCN1CCOC(c2nsc(NC(C)C)n2)C1. The van der Waals surface area contributed by atoms with Gasteiger partial charge in [-0.05, 0) is 26.8 Å². The van der Waals surface area contributed by atoms with E-state index in [0.29, 0.717) is 6.04 Å². The first kappa shape index (κ1) is 13.7. The molecule has 1 atom stereocenters. The molecule has 1 aromatic rings. The summed E-state index contributed by atoms with van der Waals surface area (Å²) in [4.78, 5) is 6.93. The molecule has 0 bridgehead atoms. The average Bonchev–Trinajstić information content (AvgIpc) is 2.77. The molecule has 0 saturated carbocycles. The van der Waals surface area contributed by atoms with Crippen LogP contribution in [0.15, 0.2) is 0 Å². The average molecular weight is 270 g/mol. The number of rotatable bonds is 5. The molecule has 18 heavy (non-hydrogen) atoms. The summed E-state index contributed by atoms with van der Waals surface area (Å²) in [6.07, 6.45) is 1.21. The van der Waals surface area contributed by atoms with Crippen LogP contribution in [0.2, 0.25) is 0 Å². The Hall–Kier alpha value is -0.720. The number of hydrogen-bond acceptors (Lipinski definition) is 6. The fourth-order valence-corrected chi connectivity index (χ4v) is 2.81. The van der Waals surface area contributed by atoms with Crippen molar-refractivity contribution in [3.8, 4) is 0 Å². The van der Waals surface area contributed by atoms with Gasteiger partial charge in [0.25, 0.3) is 0 Å². The number of nitrogens with one attached hydrogen (secondary N) is 1. The van der Waals surface area contributed by atoms with Crippen molar-refractivity contribution in [2.45, 2.75) is 39.3 Å². The van der Waals surface area contributed by atoms with Gasteiger partial charge >= 0.3 is 0 Å². The minimum Gasteiger partial charge on any atom is -0.367 e. The van der Waals surface area contributed by atoms with Crippen LogP contribution in [0, 0.1) is 0 Å². The Morgan fingerprint density at radius 2 is 2.39 bits per heavy atom. The minimum absolute atomic E-state index is 0.0317. The van der Waals surface area contributed by atoms with E-state index in [2.05, 4.69) is 40.3 Å². The highest BCUT2D eigenvalue weighted by Crippen LogP contribution is 2.23. The molecule has 1 aliphatic heterocycles. The van der Waals surface area contributed by atoms with Crippen LogP contribution in [0.3, 0.4) is 0 Å². The van der Waals surface area contributed by atoms with Gasteiger partial charge in [-0.3, -0.25) is 4.90 Å². The highest BCUT2D eigenvalue weighted by Gasteiger charge is 2.24. The number of ether oxygens (including phenoxy) is 1. The van der Waals surface area contributed by atoms with E-state index < -0.39 is 0 Å². The number of morpholine rings is 1. The van der Waals surface area contributed by atoms with Crippen molar-refractivity contribution in [2.24, 2.45) is 0 Å². The number of anilines is 1. The Kier molecular flexibility index (Phi) is 4.91. The molecule has 0 aliphatic carbocycles. The first-order chi connectivity index (χ1) is 8.69. The van der Waals surface area contributed by atoms with Gasteiger partial charge in [-0.15, -0.1) is 0 Å². The molecule has 0 aromatic carbocycles. The first-order valence-corrected chi connectivity index (χ1v) is 7.40. The fraction of sp³-hybridized carbons (Fsp3) is 0.833. The second kappa shape index (κ2) is 6.45. The minimum atomic E-state index is 0.0317. The molecule has 0 radical (unpaired) electrons. The third kappa shape index (κ3) is 3.63. The van der Waals surface area contributed by atoms with Crippen molar-refractivity contribution >= 4 is 16.7 Å². The van der Waals surface area contributed by atoms with Gasteiger partial charge in [-0.25, -0.2) is 4.98 Å². The second-order valence-electron chi connectivity index (χ2n) is 4.92. The highest BCUT2D eigenvalue weighted by molar-refractivity contribution is 7.09. The van der Waals surface area contributed by atoms with E-state index >= 15 is 0 Å². The van der Waals surface area contributed by atoms with Crippen LogP contribution in [-0.4, -0.2) is 46.5 Å². The van der Waals surface area contributed by atoms with Crippen molar-refractivity contribution in [1.82, 2.24) is 14.3 Å². The predicted molar refractivity (Wildman–Crippen MR) is 74.1 cm³/mol. The lowest BCUT2D eigenvalue weighted by Gasteiger charge is -2.31. The van der Waals surface area contributed by atoms with Crippen LogP contribution in [0.4, 0.5) is 5.13 Å². The molecule has 2 heterocycles. The lowest BCUT2D eigenvalue weighted by molar-refractivity contribution is -0.0336. The number of hydrogen-bond donors (Lipinski definition) is 1. The standard InChI is InChI=1S/C12H22N4OS/c1-4-5-16-6-7-17-10(8-16)11-14-12(18-15-11)13-9(2)3/h9-10H,4-8H2,1-3H3,(H,13,14,15). The topological polar surface area (TPSA) is 50.3 Å². The lowest BCUT2D eigenvalue weighted by Crippen LogP contribution is -2.39. The zero-order valence-corrected chi connectivity index (χ0v) is 12.2. The summed E-state index contributed by atoms with van der Waals surface area (Å²) in [7, 11) is 0. The van der Waals surface area contributed by atoms with E-state index in [-0.39, 0.29) is 6.10 Å². The Bertz CT molecular complexity index is 367. The maximum Gasteiger partial charge on any atom is 0.202 e. The maximum absolute atomic E-state index is 5.77. The molecule has 6 heteroatoms. The van der Waals surface area contributed by atoms with Gasteiger partial charge in [0.15, 0.2) is 5.82 Å². The predicted octanol–water partition coefficient (Wildman–Crippen LogP) is 2.14. The zero-order chi connectivity index (χ0) is 13.0. The summed E-state index contributed by atoms with van der Waals surface area (Å²) in [5.74, 6) is 0.823. The van der Waals surface area contributed by atoms with E-state index in [1.807, 2.05) is 0 Å². The first-order valence-electron chi connectivity index (χ1n) is 6.63. The molecule has 1 aromatic heterocycles. The van der Waals surface area contributed by atoms with Crippen LogP contribution < -0.4 is 5.32 Å². The lowest BCUT2D eigenvalue weighted by atomic mass is 10.2. The van der Waals surface area contributed by atoms with Gasteiger partial charge in [0.2, 0.25) is 5.13 Å². The highest BCUT2D eigenvalue weighted by atomic mass is 32.1.